The molecule has 0 aliphatic carbocycles. The van der Waals surface area contributed by atoms with Crippen LogP contribution >= 0.6 is 0 Å². The van der Waals surface area contributed by atoms with E-state index >= 15 is 0 Å². The molecule has 0 radical (unpaired) electrons. The van der Waals surface area contributed by atoms with E-state index in [-0.39, 0.29) is 0 Å². The Hall–Kier alpha value is -2.10. The molecule has 0 fully saturated rings. The Morgan fingerprint density at radius 3 is 2.83 bits per heavy atom. The summed E-state index contributed by atoms with van der Waals surface area (Å²) in [5, 5.41) is 4.11. The van der Waals surface area contributed by atoms with E-state index in [9.17, 15) is 4.79 Å². The molecule has 1 amide bonds. The van der Waals surface area contributed by atoms with Gasteiger partial charge in [0, 0.05) is 12.7 Å². The van der Waals surface area contributed by atoms with Crippen LogP contribution < -0.4 is 5.73 Å². The summed E-state index contributed by atoms with van der Waals surface area (Å²) < 4.78 is 1.76. The number of rotatable bonds is 5. The van der Waals surface area contributed by atoms with Crippen molar-refractivity contribution >= 4 is 5.91 Å². The average molecular weight is 243 g/mol. The third-order valence-electron chi connectivity index (χ3n) is 3.01. The number of carbonyl (C=O) groups is 1. The topological polar surface area (TPSA) is 60.9 Å². The molecule has 1 aromatic carbocycles. The molecule has 2 rings (SSSR count). The van der Waals surface area contributed by atoms with Gasteiger partial charge in [-0.2, -0.15) is 5.10 Å². The number of benzene rings is 1. The highest BCUT2D eigenvalue weighted by Gasteiger charge is 2.04. The highest BCUT2D eigenvalue weighted by Crippen LogP contribution is 2.10. The normalized spacial score (nSPS) is 10.5. The molecule has 0 saturated heterocycles. The number of aryl methyl sites for hydroxylation is 3. The first kappa shape index (κ1) is 12.4. The Labute approximate surface area is 106 Å². The molecule has 18 heavy (non-hydrogen) atoms. The zero-order valence-corrected chi connectivity index (χ0v) is 10.5. The predicted molar refractivity (Wildman–Crippen MR) is 70.2 cm³/mol. The van der Waals surface area contributed by atoms with Gasteiger partial charge in [-0.1, -0.05) is 24.3 Å². The van der Waals surface area contributed by atoms with Gasteiger partial charge in [0.15, 0.2) is 0 Å². The predicted octanol–water partition coefficient (Wildman–Crippen LogP) is 1.92. The minimum absolute atomic E-state index is 0.430. The molecule has 0 aliphatic rings. The zero-order valence-electron chi connectivity index (χ0n) is 10.5. The van der Waals surface area contributed by atoms with Crippen molar-refractivity contribution in [2.45, 2.75) is 26.3 Å². The maximum Gasteiger partial charge on any atom is 0.251 e. The molecule has 1 aromatic heterocycles. The molecular formula is C14H17N3O. The average Bonchev–Trinajstić information content (AvgIpc) is 2.80. The number of hydrogen-bond acceptors (Lipinski definition) is 2. The van der Waals surface area contributed by atoms with Crippen LogP contribution in [0.4, 0.5) is 0 Å². The quantitative estimate of drug-likeness (QED) is 0.872. The second-order valence-corrected chi connectivity index (χ2v) is 4.39. The number of nitrogens with two attached hydrogens (primary N) is 1. The van der Waals surface area contributed by atoms with Crippen LogP contribution in [0, 0.1) is 6.92 Å². The first-order valence-electron chi connectivity index (χ1n) is 6.03. The summed E-state index contributed by atoms with van der Waals surface area (Å²) in [6, 6.07) is 8.37. The monoisotopic (exact) mass is 243 g/mol. The van der Waals surface area contributed by atoms with Gasteiger partial charge in [-0.3, -0.25) is 9.48 Å². The van der Waals surface area contributed by atoms with Crippen LogP contribution in [0.1, 0.15) is 27.9 Å². The van der Waals surface area contributed by atoms with Crippen molar-refractivity contribution in [3.8, 4) is 0 Å². The standard InChI is InChI=1S/C14H17N3O/c1-11-5-2-3-6-12(11)7-4-8-17-10-13(9-16-17)14(15)18/h2-3,5-6,9-10H,4,7-8H2,1H3,(H2,15,18). The maximum absolute atomic E-state index is 10.9. The fraction of sp³-hybridized carbons (Fsp3) is 0.286. The van der Waals surface area contributed by atoms with E-state index in [0.717, 1.165) is 19.4 Å². The van der Waals surface area contributed by atoms with Crippen LogP contribution in [0.3, 0.4) is 0 Å². The number of amides is 1. The van der Waals surface area contributed by atoms with Crippen LogP contribution in [-0.4, -0.2) is 15.7 Å². The summed E-state index contributed by atoms with van der Waals surface area (Å²) >= 11 is 0. The highest BCUT2D eigenvalue weighted by atomic mass is 16.1. The van der Waals surface area contributed by atoms with Gasteiger partial charge in [-0.05, 0) is 30.9 Å². The van der Waals surface area contributed by atoms with Crippen molar-refractivity contribution in [3.63, 3.8) is 0 Å². The molecule has 0 aliphatic heterocycles. The lowest BCUT2D eigenvalue weighted by Crippen LogP contribution is -2.09. The lowest BCUT2D eigenvalue weighted by atomic mass is 10.0. The molecule has 4 nitrogen and oxygen atoms in total. The van der Waals surface area contributed by atoms with Crippen molar-refractivity contribution in [3.05, 3.63) is 53.3 Å². The van der Waals surface area contributed by atoms with Crippen LogP contribution in [0.15, 0.2) is 36.7 Å². The Morgan fingerprint density at radius 1 is 1.39 bits per heavy atom. The number of primary amides is 1. The highest BCUT2D eigenvalue weighted by molar-refractivity contribution is 5.92. The van der Waals surface area contributed by atoms with E-state index in [4.69, 9.17) is 5.73 Å². The second-order valence-electron chi connectivity index (χ2n) is 4.39. The molecule has 94 valence electrons. The summed E-state index contributed by atoms with van der Waals surface area (Å²) in [5.74, 6) is -0.430. The van der Waals surface area contributed by atoms with Gasteiger partial charge in [0.2, 0.25) is 0 Å². The number of carbonyl (C=O) groups excluding carboxylic acids is 1. The van der Waals surface area contributed by atoms with Crippen LogP contribution in [0.5, 0.6) is 0 Å². The van der Waals surface area contributed by atoms with Crippen LogP contribution in [-0.2, 0) is 13.0 Å². The number of hydrogen-bond donors (Lipinski definition) is 1. The molecule has 2 N–H and O–H groups in total. The summed E-state index contributed by atoms with van der Waals surface area (Å²) in [4.78, 5) is 10.9. The van der Waals surface area contributed by atoms with Gasteiger partial charge >= 0.3 is 0 Å². The zero-order chi connectivity index (χ0) is 13.0. The summed E-state index contributed by atoms with van der Waals surface area (Å²) in [6.07, 6.45) is 5.21. The third-order valence-corrected chi connectivity index (χ3v) is 3.01. The Morgan fingerprint density at radius 2 is 2.17 bits per heavy atom. The maximum atomic E-state index is 10.9. The molecular weight excluding hydrogens is 226 g/mol. The van der Waals surface area contributed by atoms with E-state index in [0.29, 0.717) is 5.56 Å². The molecule has 0 spiro atoms. The van der Waals surface area contributed by atoms with Gasteiger partial charge in [0.1, 0.15) is 0 Å². The van der Waals surface area contributed by atoms with Crippen molar-refractivity contribution in [2.75, 3.05) is 0 Å². The molecule has 0 unspecified atom stereocenters. The SMILES string of the molecule is Cc1ccccc1CCCn1cc(C(N)=O)cn1. The van der Waals surface area contributed by atoms with E-state index in [1.165, 1.54) is 17.3 Å². The van der Waals surface area contributed by atoms with E-state index < -0.39 is 5.91 Å². The molecule has 0 atom stereocenters. The van der Waals surface area contributed by atoms with Crippen molar-refractivity contribution in [1.82, 2.24) is 9.78 Å². The van der Waals surface area contributed by atoms with Crippen molar-refractivity contribution in [1.29, 1.82) is 0 Å². The fourth-order valence-electron chi connectivity index (χ4n) is 1.94. The molecule has 0 saturated carbocycles. The van der Waals surface area contributed by atoms with Gasteiger partial charge < -0.3 is 5.73 Å². The minimum atomic E-state index is -0.430. The molecule has 0 bridgehead atoms. The van der Waals surface area contributed by atoms with Crippen LogP contribution in [0.2, 0.25) is 0 Å². The van der Waals surface area contributed by atoms with Crippen molar-refractivity contribution < 1.29 is 4.79 Å². The van der Waals surface area contributed by atoms with Gasteiger partial charge in [-0.15, -0.1) is 0 Å². The van der Waals surface area contributed by atoms with Gasteiger partial charge in [-0.25, -0.2) is 0 Å². The fourth-order valence-corrected chi connectivity index (χ4v) is 1.94. The Balaban J connectivity index is 1.88. The summed E-state index contributed by atoms with van der Waals surface area (Å²) in [6.45, 7) is 2.91. The largest absolute Gasteiger partial charge is 0.366 e. The van der Waals surface area contributed by atoms with E-state index in [1.54, 1.807) is 10.9 Å². The summed E-state index contributed by atoms with van der Waals surface area (Å²) in [7, 11) is 0. The number of aromatic nitrogens is 2. The number of nitrogens with zero attached hydrogens (tertiary/aromatic N) is 2. The lowest BCUT2D eigenvalue weighted by molar-refractivity contribution is 0.1000. The lowest BCUT2D eigenvalue weighted by Gasteiger charge is -2.05. The minimum Gasteiger partial charge on any atom is -0.366 e. The van der Waals surface area contributed by atoms with E-state index in [1.807, 2.05) is 6.07 Å². The first-order valence-corrected chi connectivity index (χ1v) is 6.03. The van der Waals surface area contributed by atoms with Gasteiger partial charge in [0.25, 0.3) is 5.91 Å². The molecule has 1 heterocycles. The van der Waals surface area contributed by atoms with Crippen molar-refractivity contribution in [2.24, 2.45) is 5.73 Å². The van der Waals surface area contributed by atoms with Crippen LogP contribution in [0.25, 0.3) is 0 Å². The molecule has 2 aromatic rings. The Bertz CT molecular complexity index is 545. The second kappa shape index (κ2) is 5.49. The van der Waals surface area contributed by atoms with Gasteiger partial charge in [0.05, 0.1) is 11.8 Å². The third kappa shape index (κ3) is 2.97. The van der Waals surface area contributed by atoms with E-state index in [2.05, 4.69) is 30.2 Å². The smallest absolute Gasteiger partial charge is 0.251 e. The first-order chi connectivity index (χ1) is 8.66. The summed E-state index contributed by atoms with van der Waals surface area (Å²) in [5.41, 5.74) is 8.31. The Kier molecular flexibility index (Phi) is 3.77. The molecule has 4 heteroatoms.